The summed E-state index contributed by atoms with van der Waals surface area (Å²) in [6.45, 7) is 0.738. The first kappa shape index (κ1) is 22.1. The number of nitrogens with one attached hydrogen (secondary N) is 1. The Kier molecular flexibility index (Phi) is 6.36. The molecule has 0 bridgehead atoms. The Morgan fingerprint density at radius 1 is 1.23 bits per heavy atom. The molecule has 7 nitrogen and oxygen atoms in total. The molecule has 160 valence electrons. The second kappa shape index (κ2) is 8.64. The van der Waals surface area contributed by atoms with E-state index < -0.39 is 38.2 Å². The van der Waals surface area contributed by atoms with Gasteiger partial charge in [0.1, 0.15) is 10.9 Å². The summed E-state index contributed by atoms with van der Waals surface area (Å²) in [6, 6.07) is 7.82. The lowest BCUT2D eigenvalue weighted by Gasteiger charge is -2.12. The van der Waals surface area contributed by atoms with Gasteiger partial charge in [0.05, 0.1) is 10.5 Å². The average molecular weight is 458 g/mol. The van der Waals surface area contributed by atoms with Crippen LogP contribution in [0.4, 0.5) is 18.9 Å². The van der Waals surface area contributed by atoms with Gasteiger partial charge in [0.15, 0.2) is 0 Å². The summed E-state index contributed by atoms with van der Waals surface area (Å²) >= 11 is -0.483. The van der Waals surface area contributed by atoms with E-state index in [9.17, 15) is 26.4 Å². The monoisotopic (exact) mass is 458 g/mol. The molecular formula is C18H17F3N4O3S2. The van der Waals surface area contributed by atoms with E-state index in [-0.39, 0.29) is 16.1 Å². The lowest BCUT2D eigenvalue weighted by atomic mass is 10.2. The van der Waals surface area contributed by atoms with Crippen molar-refractivity contribution in [1.29, 1.82) is 0 Å². The summed E-state index contributed by atoms with van der Waals surface area (Å²) in [6.07, 6.45) is 2.57. The van der Waals surface area contributed by atoms with E-state index in [4.69, 9.17) is 0 Å². The van der Waals surface area contributed by atoms with Crippen LogP contribution in [0.15, 0.2) is 56.9 Å². The number of benzene rings is 1. The number of carbonyl (C=O) groups excluding carboxylic acids is 1. The van der Waals surface area contributed by atoms with Crippen molar-refractivity contribution in [3.05, 3.63) is 48.2 Å². The standard InChI is InChI=1S/C18H17F3N4O3S2/c1-25-11-3-5-15(25)24-30(27,28)13-8-6-12(7-9-13)23-16(26)14-4-2-10-22-17(14)29-18(19,20)21/h2,4,6-10H,3,5,11H2,1H3,(H,23,26)/b24-15+. The van der Waals surface area contributed by atoms with E-state index >= 15 is 0 Å². The van der Waals surface area contributed by atoms with Crippen LogP contribution >= 0.6 is 11.8 Å². The van der Waals surface area contributed by atoms with Crippen molar-refractivity contribution in [3.8, 4) is 0 Å². The van der Waals surface area contributed by atoms with Crippen molar-refractivity contribution in [3.63, 3.8) is 0 Å². The van der Waals surface area contributed by atoms with Crippen LogP contribution in [-0.4, -0.2) is 49.1 Å². The minimum Gasteiger partial charge on any atom is -0.362 e. The third-order valence-corrected chi connectivity index (χ3v) is 6.27. The van der Waals surface area contributed by atoms with Crippen LogP contribution in [0.2, 0.25) is 0 Å². The number of hydrogen-bond donors (Lipinski definition) is 1. The Bertz CT molecular complexity index is 1070. The number of sulfonamides is 1. The molecule has 0 atom stereocenters. The van der Waals surface area contributed by atoms with Crippen molar-refractivity contribution >= 4 is 39.2 Å². The van der Waals surface area contributed by atoms with Crippen LogP contribution in [0.5, 0.6) is 0 Å². The average Bonchev–Trinajstić information content (AvgIpc) is 3.05. The number of likely N-dealkylation sites (tertiary alicyclic amines) is 1. The number of carbonyl (C=O) groups is 1. The third kappa shape index (κ3) is 5.51. The first-order chi connectivity index (χ1) is 14.0. The van der Waals surface area contributed by atoms with Crippen LogP contribution in [-0.2, 0) is 10.0 Å². The molecule has 30 heavy (non-hydrogen) atoms. The maximum Gasteiger partial charge on any atom is 0.447 e. The number of anilines is 1. The zero-order valence-electron chi connectivity index (χ0n) is 15.7. The molecule has 0 radical (unpaired) electrons. The number of aromatic nitrogens is 1. The molecular weight excluding hydrogens is 441 g/mol. The van der Waals surface area contributed by atoms with Crippen LogP contribution in [0, 0.1) is 0 Å². The molecule has 3 rings (SSSR count). The van der Waals surface area contributed by atoms with Crippen LogP contribution in [0.3, 0.4) is 0 Å². The van der Waals surface area contributed by atoms with Crippen LogP contribution in [0.1, 0.15) is 23.2 Å². The molecule has 0 saturated carbocycles. The highest BCUT2D eigenvalue weighted by Crippen LogP contribution is 2.37. The van der Waals surface area contributed by atoms with Crippen molar-refractivity contribution in [2.24, 2.45) is 4.40 Å². The second-order valence-electron chi connectivity index (χ2n) is 6.39. The van der Waals surface area contributed by atoms with Gasteiger partial charge in [-0.1, -0.05) is 0 Å². The van der Waals surface area contributed by atoms with E-state index in [0.717, 1.165) is 19.2 Å². The van der Waals surface area contributed by atoms with E-state index in [1.807, 2.05) is 0 Å². The van der Waals surface area contributed by atoms with Crippen molar-refractivity contribution in [2.75, 3.05) is 18.9 Å². The number of amides is 1. The summed E-state index contributed by atoms with van der Waals surface area (Å²) in [4.78, 5) is 17.7. The van der Waals surface area contributed by atoms with E-state index in [1.54, 1.807) is 11.9 Å². The quantitative estimate of drug-likeness (QED) is 0.686. The van der Waals surface area contributed by atoms with E-state index in [1.165, 1.54) is 36.4 Å². The van der Waals surface area contributed by atoms with Gasteiger partial charge in [-0.3, -0.25) is 4.79 Å². The summed E-state index contributed by atoms with van der Waals surface area (Å²) < 4.78 is 66.7. The highest BCUT2D eigenvalue weighted by atomic mass is 32.2. The number of nitrogens with zero attached hydrogens (tertiary/aromatic N) is 3. The maximum absolute atomic E-state index is 12.7. The predicted octanol–water partition coefficient (Wildman–Crippen LogP) is 3.76. The van der Waals surface area contributed by atoms with Gasteiger partial charge in [-0.05, 0) is 42.8 Å². The number of rotatable bonds is 5. The Hall–Kier alpha value is -2.60. The number of pyridine rings is 1. The fourth-order valence-corrected chi connectivity index (χ4v) is 4.46. The molecule has 1 fully saturated rings. The van der Waals surface area contributed by atoms with Gasteiger partial charge in [0, 0.05) is 43.7 Å². The third-order valence-electron chi connectivity index (χ3n) is 4.20. The highest BCUT2D eigenvalue weighted by Gasteiger charge is 2.32. The molecule has 0 aliphatic carbocycles. The molecule has 1 aliphatic heterocycles. The van der Waals surface area contributed by atoms with Crippen molar-refractivity contribution in [2.45, 2.75) is 28.3 Å². The fraction of sp³-hybridized carbons (Fsp3) is 0.278. The van der Waals surface area contributed by atoms with Crippen LogP contribution in [0.25, 0.3) is 0 Å². The first-order valence-electron chi connectivity index (χ1n) is 8.72. The van der Waals surface area contributed by atoms with Gasteiger partial charge in [0.2, 0.25) is 0 Å². The zero-order valence-corrected chi connectivity index (χ0v) is 17.3. The Morgan fingerprint density at radius 3 is 2.53 bits per heavy atom. The summed E-state index contributed by atoms with van der Waals surface area (Å²) in [5.41, 5.74) is -4.61. The molecule has 2 aromatic rings. The molecule has 1 aromatic carbocycles. The second-order valence-corrected chi connectivity index (χ2v) is 9.05. The number of hydrogen-bond acceptors (Lipinski definition) is 5. The largest absolute Gasteiger partial charge is 0.447 e. The fourth-order valence-electron chi connectivity index (χ4n) is 2.76. The summed E-state index contributed by atoms with van der Waals surface area (Å²) in [5.74, 6) is -0.308. The molecule has 1 aliphatic rings. The molecule has 1 aromatic heterocycles. The lowest BCUT2D eigenvalue weighted by molar-refractivity contribution is -0.0329. The molecule has 0 unspecified atom stereocenters. The van der Waals surface area contributed by atoms with E-state index in [0.29, 0.717) is 12.3 Å². The molecule has 2 heterocycles. The lowest BCUT2D eigenvalue weighted by Crippen LogP contribution is -2.20. The number of halogens is 3. The van der Waals surface area contributed by atoms with Gasteiger partial charge >= 0.3 is 5.51 Å². The Morgan fingerprint density at radius 2 is 1.93 bits per heavy atom. The maximum atomic E-state index is 12.7. The molecule has 12 heteroatoms. The number of alkyl halides is 3. The molecule has 1 N–H and O–H groups in total. The number of thioether (sulfide) groups is 1. The van der Waals surface area contributed by atoms with Gasteiger partial charge < -0.3 is 10.2 Å². The summed E-state index contributed by atoms with van der Waals surface area (Å²) in [5, 5.41) is 1.97. The molecule has 0 spiro atoms. The minimum absolute atomic E-state index is 0.0528. The number of amidine groups is 1. The smallest absolute Gasteiger partial charge is 0.362 e. The first-order valence-corrected chi connectivity index (χ1v) is 11.0. The normalized spacial score (nSPS) is 16.1. The van der Waals surface area contributed by atoms with Gasteiger partial charge in [-0.25, -0.2) is 4.98 Å². The van der Waals surface area contributed by atoms with Crippen molar-refractivity contribution < 1.29 is 26.4 Å². The topological polar surface area (TPSA) is 91.7 Å². The Balaban J connectivity index is 1.76. The van der Waals surface area contributed by atoms with Gasteiger partial charge in [0.25, 0.3) is 15.9 Å². The summed E-state index contributed by atoms with van der Waals surface area (Å²) in [7, 11) is -2.14. The Labute approximate surface area is 175 Å². The minimum atomic E-state index is -4.59. The predicted molar refractivity (Wildman–Crippen MR) is 107 cm³/mol. The van der Waals surface area contributed by atoms with E-state index in [2.05, 4.69) is 14.7 Å². The van der Waals surface area contributed by atoms with Crippen molar-refractivity contribution in [1.82, 2.24) is 9.88 Å². The molecule has 1 amide bonds. The van der Waals surface area contributed by atoms with Crippen LogP contribution < -0.4 is 5.32 Å². The van der Waals surface area contributed by atoms with Gasteiger partial charge in [-0.2, -0.15) is 21.6 Å². The molecule has 1 saturated heterocycles. The highest BCUT2D eigenvalue weighted by molar-refractivity contribution is 8.00. The zero-order chi connectivity index (χ0) is 21.9. The SMILES string of the molecule is CN1CCC/C1=N\S(=O)(=O)c1ccc(NC(=O)c2cccnc2SC(F)(F)F)cc1. The van der Waals surface area contributed by atoms with Gasteiger partial charge in [-0.15, -0.1) is 4.40 Å².